The van der Waals surface area contributed by atoms with E-state index in [4.69, 9.17) is 0 Å². The van der Waals surface area contributed by atoms with Crippen LogP contribution in [-0.2, 0) is 10.0 Å². The average molecular weight is 337 g/mol. The zero-order valence-corrected chi connectivity index (χ0v) is 15.6. The zero-order valence-electron chi connectivity index (χ0n) is 14.8. The Morgan fingerprint density at radius 3 is 2.35 bits per heavy atom. The molecule has 1 aromatic rings. The first-order valence-corrected chi connectivity index (χ1v) is 9.74. The highest BCUT2D eigenvalue weighted by Gasteiger charge is 2.29. The monoisotopic (exact) mass is 336 g/mol. The van der Waals surface area contributed by atoms with Crippen LogP contribution in [0, 0.1) is 11.3 Å². The molecule has 5 heteroatoms. The molecule has 0 aliphatic heterocycles. The summed E-state index contributed by atoms with van der Waals surface area (Å²) >= 11 is 0. The van der Waals surface area contributed by atoms with Crippen molar-refractivity contribution < 1.29 is 8.42 Å². The maximum absolute atomic E-state index is 12.4. The van der Waals surface area contributed by atoms with E-state index in [1.54, 1.807) is 12.1 Å². The van der Waals surface area contributed by atoms with Crippen molar-refractivity contribution in [2.24, 2.45) is 16.4 Å². The summed E-state index contributed by atoms with van der Waals surface area (Å²) in [4.78, 5) is 2.67. The molecule has 1 saturated carbocycles. The number of nitrogens with one attached hydrogen (secondary N) is 1. The van der Waals surface area contributed by atoms with Crippen LogP contribution in [0.2, 0.25) is 0 Å². The minimum Gasteiger partial charge on any atom is -0.200 e. The molecular formula is C18H28N2O2S. The second-order valence-corrected chi connectivity index (χ2v) is 9.51. The van der Waals surface area contributed by atoms with Crippen LogP contribution in [0.1, 0.15) is 65.4 Å². The van der Waals surface area contributed by atoms with E-state index in [-0.39, 0.29) is 10.3 Å². The molecule has 2 rings (SSSR count). The van der Waals surface area contributed by atoms with Crippen molar-refractivity contribution in [3.63, 3.8) is 0 Å². The topological polar surface area (TPSA) is 58.5 Å². The summed E-state index contributed by atoms with van der Waals surface area (Å²) in [6.07, 6.45) is 2.85. The second kappa shape index (κ2) is 6.63. The Morgan fingerprint density at radius 2 is 1.83 bits per heavy atom. The maximum Gasteiger partial charge on any atom is 0.276 e. The Labute approximate surface area is 140 Å². The van der Waals surface area contributed by atoms with Crippen molar-refractivity contribution in [2.45, 2.75) is 64.7 Å². The van der Waals surface area contributed by atoms with Gasteiger partial charge in [0.2, 0.25) is 0 Å². The summed E-state index contributed by atoms with van der Waals surface area (Å²) in [5, 5.41) is 4.21. The van der Waals surface area contributed by atoms with Crippen LogP contribution < -0.4 is 4.83 Å². The van der Waals surface area contributed by atoms with E-state index < -0.39 is 10.0 Å². The summed E-state index contributed by atoms with van der Waals surface area (Å²) in [5.41, 5.74) is 2.25. The number of sulfonamides is 1. The van der Waals surface area contributed by atoms with Gasteiger partial charge in [0.1, 0.15) is 0 Å². The number of hydrogen-bond donors (Lipinski definition) is 1. The number of nitrogens with zero attached hydrogens (tertiary/aromatic N) is 1. The van der Waals surface area contributed by atoms with Crippen molar-refractivity contribution in [1.82, 2.24) is 4.83 Å². The first kappa shape index (κ1) is 18.0. The fourth-order valence-corrected chi connectivity index (χ4v) is 4.26. The van der Waals surface area contributed by atoms with Gasteiger partial charge in [-0.2, -0.15) is 13.5 Å². The highest BCUT2D eigenvalue weighted by molar-refractivity contribution is 7.89. The predicted octanol–water partition coefficient (Wildman–Crippen LogP) is 4.29. The Balaban J connectivity index is 2.13. The van der Waals surface area contributed by atoms with E-state index in [1.807, 2.05) is 12.1 Å². The van der Waals surface area contributed by atoms with Crippen molar-refractivity contribution in [2.75, 3.05) is 0 Å². The molecule has 0 aromatic heterocycles. The highest BCUT2D eigenvalue weighted by Crippen LogP contribution is 2.36. The van der Waals surface area contributed by atoms with Gasteiger partial charge >= 0.3 is 0 Å². The van der Waals surface area contributed by atoms with Crippen LogP contribution in [0.25, 0.3) is 0 Å². The molecule has 0 saturated heterocycles. The maximum atomic E-state index is 12.4. The average Bonchev–Trinajstić information content (AvgIpc) is 2.43. The molecule has 1 aliphatic carbocycles. The van der Waals surface area contributed by atoms with Crippen LogP contribution in [0.15, 0.2) is 34.3 Å². The molecule has 0 heterocycles. The first-order valence-electron chi connectivity index (χ1n) is 8.26. The highest BCUT2D eigenvalue weighted by atomic mass is 32.2. The standard InChI is InChI=1S/C18H28N2O2S/c1-13(2)15-6-8-17(9-7-15)23(21,22)20-19-16-10-14(3)11-18(4,5)12-16/h6-9,13-14,20H,10-12H2,1-5H3/b19-16-/t14-/m1/s1. The van der Waals surface area contributed by atoms with Crippen LogP contribution in [0.5, 0.6) is 0 Å². The smallest absolute Gasteiger partial charge is 0.200 e. The minimum absolute atomic E-state index is 0.181. The summed E-state index contributed by atoms with van der Waals surface area (Å²) in [6.45, 7) is 10.8. The van der Waals surface area contributed by atoms with Gasteiger partial charge in [-0.15, -0.1) is 0 Å². The summed E-state index contributed by atoms with van der Waals surface area (Å²) in [7, 11) is -3.59. The third kappa shape index (κ3) is 4.80. The molecule has 0 bridgehead atoms. The normalized spacial score (nSPS) is 23.2. The van der Waals surface area contributed by atoms with Gasteiger partial charge in [-0.1, -0.05) is 46.8 Å². The Hall–Kier alpha value is -1.36. The molecule has 1 aromatic carbocycles. The van der Waals surface area contributed by atoms with E-state index in [9.17, 15) is 8.42 Å². The van der Waals surface area contributed by atoms with Crippen molar-refractivity contribution in [3.05, 3.63) is 29.8 Å². The molecule has 0 spiro atoms. The van der Waals surface area contributed by atoms with Gasteiger partial charge in [-0.25, -0.2) is 4.83 Å². The quantitative estimate of drug-likeness (QED) is 0.834. The van der Waals surface area contributed by atoms with Crippen molar-refractivity contribution in [1.29, 1.82) is 0 Å². The fourth-order valence-electron chi connectivity index (χ4n) is 3.41. The lowest BCUT2D eigenvalue weighted by Gasteiger charge is -2.34. The largest absolute Gasteiger partial charge is 0.276 e. The Morgan fingerprint density at radius 1 is 1.22 bits per heavy atom. The van der Waals surface area contributed by atoms with Gasteiger partial charge in [0.25, 0.3) is 10.0 Å². The van der Waals surface area contributed by atoms with Gasteiger partial charge in [-0.05, 0) is 54.2 Å². The first-order chi connectivity index (χ1) is 10.6. The molecule has 0 radical (unpaired) electrons. The second-order valence-electron chi connectivity index (χ2n) is 7.85. The lowest BCUT2D eigenvalue weighted by Crippen LogP contribution is -2.30. The number of hydrazone groups is 1. The minimum atomic E-state index is -3.59. The molecule has 4 nitrogen and oxygen atoms in total. The SMILES string of the molecule is CC(C)c1ccc(S(=O)(=O)N/N=C2/C[C@@H](C)CC(C)(C)C2)cc1. The number of hydrogen-bond acceptors (Lipinski definition) is 3. The Bertz CT molecular complexity index is 673. The number of benzene rings is 1. The molecule has 128 valence electrons. The molecule has 1 atom stereocenters. The third-order valence-corrected chi connectivity index (χ3v) is 5.57. The van der Waals surface area contributed by atoms with Gasteiger partial charge in [0.15, 0.2) is 0 Å². The van der Waals surface area contributed by atoms with E-state index in [0.717, 1.165) is 30.5 Å². The molecule has 0 unspecified atom stereocenters. The summed E-state index contributed by atoms with van der Waals surface area (Å²) < 4.78 is 24.8. The molecule has 1 fully saturated rings. The van der Waals surface area contributed by atoms with Crippen molar-refractivity contribution >= 4 is 15.7 Å². The molecule has 0 amide bonds. The van der Waals surface area contributed by atoms with Crippen molar-refractivity contribution in [3.8, 4) is 0 Å². The predicted molar refractivity (Wildman–Crippen MR) is 95.1 cm³/mol. The van der Waals surface area contributed by atoms with E-state index >= 15 is 0 Å². The van der Waals surface area contributed by atoms with Gasteiger partial charge in [0, 0.05) is 5.71 Å². The Kier molecular flexibility index (Phi) is 5.19. The van der Waals surface area contributed by atoms with E-state index in [0.29, 0.717) is 11.8 Å². The number of rotatable bonds is 4. The lowest BCUT2D eigenvalue weighted by molar-refractivity contribution is 0.265. The van der Waals surface area contributed by atoms with Gasteiger partial charge in [-0.3, -0.25) is 0 Å². The van der Waals surface area contributed by atoms with Crippen LogP contribution in [0.4, 0.5) is 0 Å². The molecule has 23 heavy (non-hydrogen) atoms. The molecular weight excluding hydrogens is 308 g/mol. The van der Waals surface area contributed by atoms with Gasteiger partial charge in [0.05, 0.1) is 4.90 Å². The lowest BCUT2D eigenvalue weighted by atomic mass is 9.72. The molecule has 1 aliphatic rings. The van der Waals surface area contributed by atoms with E-state index in [1.165, 1.54) is 0 Å². The van der Waals surface area contributed by atoms with Crippen LogP contribution >= 0.6 is 0 Å². The summed E-state index contributed by atoms with van der Waals surface area (Å²) in [6, 6.07) is 7.01. The third-order valence-electron chi connectivity index (χ3n) is 4.35. The van der Waals surface area contributed by atoms with Gasteiger partial charge < -0.3 is 0 Å². The van der Waals surface area contributed by atoms with Crippen LogP contribution in [0.3, 0.4) is 0 Å². The van der Waals surface area contributed by atoms with Crippen LogP contribution in [-0.4, -0.2) is 14.1 Å². The fraction of sp³-hybridized carbons (Fsp3) is 0.611. The molecule has 1 N–H and O–H groups in total. The van der Waals surface area contributed by atoms with E-state index in [2.05, 4.69) is 44.6 Å². The zero-order chi connectivity index (χ0) is 17.3. The summed E-state index contributed by atoms with van der Waals surface area (Å²) in [5.74, 6) is 0.915.